The summed E-state index contributed by atoms with van der Waals surface area (Å²) >= 11 is 0. The van der Waals surface area contributed by atoms with Gasteiger partial charge < -0.3 is 15.1 Å². The second-order valence-corrected chi connectivity index (χ2v) is 9.49. The molecule has 0 saturated carbocycles. The molecule has 176 valence electrons. The highest BCUT2D eigenvalue weighted by atomic mass is 19.1. The highest BCUT2D eigenvalue weighted by Crippen LogP contribution is 2.45. The predicted molar refractivity (Wildman–Crippen MR) is 134 cm³/mol. The third-order valence-electron chi connectivity index (χ3n) is 6.60. The van der Waals surface area contributed by atoms with Crippen LogP contribution >= 0.6 is 0 Å². The van der Waals surface area contributed by atoms with Gasteiger partial charge in [-0.25, -0.2) is 9.18 Å². The van der Waals surface area contributed by atoms with Gasteiger partial charge in [-0.15, -0.1) is 0 Å². The maximum atomic E-state index is 15.5. The number of carboxylic acids is 1. The lowest BCUT2D eigenvalue weighted by atomic mass is 9.76. The molecule has 3 aromatic carbocycles. The van der Waals surface area contributed by atoms with Gasteiger partial charge in [-0.1, -0.05) is 50.2 Å². The van der Waals surface area contributed by atoms with Crippen LogP contribution in [0.15, 0.2) is 66.7 Å². The number of rotatable bonds is 6. The number of hydrogen-bond acceptors (Lipinski definition) is 3. The second kappa shape index (κ2) is 9.34. The molecular formula is C29H30FNO3. The van der Waals surface area contributed by atoms with Gasteiger partial charge in [0.05, 0.1) is 11.2 Å². The van der Waals surface area contributed by atoms with Crippen molar-refractivity contribution in [3.05, 3.63) is 100 Å². The van der Waals surface area contributed by atoms with E-state index < -0.39 is 11.5 Å². The lowest BCUT2D eigenvalue weighted by Crippen LogP contribution is -2.50. The van der Waals surface area contributed by atoms with Crippen LogP contribution < -0.4 is 4.90 Å². The minimum absolute atomic E-state index is 0.216. The number of nitrogens with zero attached hydrogens (tertiary/aromatic N) is 1. The summed E-state index contributed by atoms with van der Waals surface area (Å²) < 4.78 is 15.5. The fourth-order valence-electron chi connectivity index (χ4n) is 4.99. The van der Waals surface area contributed by atoms with Crippen molar-refractivity contribution >= 4 is 17.7 Å². The van der Waals surface area contributed by atoms with E-state index in [-0.39, 0.29) is 11.6 Å². The standard InChI is InChI=1S/C29H30FNO3/c1-19(2)16-21-6-12-27(26(30)17-21)31-15-14-22-18-24(32)10-11-25(22)29(31,3)23-8-4-20(5-9-23)7-13-28(33)34/h4-13,17-19,32H,14-16H2,1-3H3,(H,33,34). The van der Waals surface area contributed by atoms with Crippen LogP contribution in [-0.4, -0.2) is 22.7 Å². The van der Waals surface area contributed by atoms with Crippen LogP contribution in [0, 0.1) is 11.7 Å². The minimum Gasteiger partial charge on any atom is -0.508 e. The number of carboxylic acid groups (broad SMARTS) is 1. The smallest absolute Gasteiger partial charge is 0.328 e. The van der Waals surface area contributed by atoms with E-state index in [1.165, 1.54) is 0 Å². The average Bonchev–Trinajstić information content (AvgIpc) is 2.78. The van der Waals surface area contributed by atoms with Crippen molar-refractivity contribution in [1.29, 1.82) is 0 Å². The molecule has 4 nitrogen and oxygen atoms in total. The fraction of sp³-hybridized carbons (Fsp3) is 0.276. The second-order valence-electron chi connectivity index (χ2n) is 9.49. The summed E-state index contributed by atoms with van der Waals surface area (Å²) in [4.78, 5) is 13.0. The molecule has 5 heteroatoms. The van der Waals surface area contributed by atoms with Crippen LogP contribution in [0.25, 0.3) is 6.08 Å². The van der Waals surface area contributed by atoms with E-state index in [9.17, 15) is 9.90 Å². The molecule has 0 aliphatic carbocycles. The molecule has 1 unspecified atom stereocenters. The molecule has 4 rings (SSSR count). The van der Waals surface area contributed by atoms with E-state index in [0.29, 0.717) is 24.6 Å². The van der Waals surface area contributed by atoms with Gasteiger partial charge in [0.1, 0.15) is 11.6 Å². The summed E-state index contributed by atoms with van der Waals surface area (Å²) in [5, 5.41) is 19.0. The van der Waals surface area contributed by atoms with Crippen LogP contribution in [0.1, 0.15) is 48.6 Å². The van der Waals surface area contributed by atoms with E-state index in [1.807, 2.05) is 42.5 Å². The first-order valence-electron chi connectivity index (χ1n) is 11.6. The molecule has 0 spiro atoms. The quantitative estimate of drug-likeness (QED) is 0.434. The van der Waals surface area contributed by atoms with Gasteiger partial charge in [-0.3, -0.25) is 0 Å². The Morgan fingerprint density at radius 3 is 2.50 bits per heavy atom. The molecule has 34 heavy (non-hydrogen) atoms. The van der Waals surface area contributed by atoms with Crippen LogP contribution in [0.3, 0.4) is 0 Å². The first kappa shape index (κ1) is 23.6. The molecule has 3 aromatic rings. The zero-order valence-corrected chi connectivity index (χ0v) is 19.8. The first-order valence-corrected chi connectivity index (χ1v) is 11.6. The fourth-order valence-corrected chi connectivity index (χ4v) is 4.99. The molecule has 0 saturated heterocycles. The number of phenols is 1. The summed E-state index contributed by atoms with van der Waals surface area (Å²) in [7, 11) is 0. The van der Waals surface area contributed by atoms with Crippen molar-refractivity contribution in [1.82, 2.24) is 0 Å². The maximum absolute atomic E-state index is 15.5. The number of aromatic hydroxyl groups is 1. The molecule has 0 radical (unpaired) electrons. The molecule has 1 atom stereocenters. The van der Waals surface area contributed by atoms with Crippen LogP contribution in [0.5, 0.6) is 5.75 Å². The normalized spacial score (nSPS) is 17.9. The molecule has 0 bridgehead atoms. The van der Waals surface area contributed by atoms with E-state index in [0.717, 1.165) is 40.3 Å². The maximum Gasteiger partial charge on any atom is 0.328 e. The number of phenolic OH excluding ortho intramolecular Hbond substituents is 1. The lowest BCUT2D eigenvalue weighted by Gasteiger charge is -2.48. The Kier molecular flexibility index (Phi) is 6.47. The van der Waals surface area contributed by atoms with Crippen molar-refractivity contribution in [3.63, 3.8) is 0 Å². The number of halogens is 1. The van der Waals surface area contributed by atoms with Crippen LogP contribution in [-0.2, 0) is 23.2 Å². The molecule has 2 N–H and O–H groups in total. The van der Waals surface area contributed by atoms with E-state index in [1.54, 1.807) is 24.3 Å². The van der Waals surface area contributed by atoms with Gasteiger partial charge in [-0.05, 0) is 83.8 Å². The molecule has 0 amide bonds. The third kappa shape index (κ3) is 4.56. The Hall–Kier alpha value is -3.60. The topological polar surface area (TPSA) is 60.8 Å². The Morgan fingerprint density at radius 1 is 1.12 bits per heavy atom. The Balaban J connectivity index is 1.82. The van der Waals surface area contributed by atoms with Gasteiger partial charge in [0.15, 0.2) is 0 Å². The highest BCUT2D eigenvalue weighted by Gasteiger charge is 2.41. The Morgan fingerprint density at radius 2 is 1.85 bits per heavy atom. The molecule has 1 heterocycles. The largest absolute Gasteiger partial charge is 0.508 e. The van der Waals surface area contributed by atoms with Gasteiger partial charge in [0.25, 0.3) is 0 Å². The van der Waals surface area contributed by atoms with Crippen molar-refractivity contribution < 1.29 is 19.4 Å². The Labute approximate surface area is 200 Å². The van der Waals surface area contributed by atoms with Gasteiger partial charge in [0.2, 0.25) is 0 Å². The van der Waals surface area contributed by atoms with Gasteiger partial charge in [0, 0.05) is 12.6 Å². The highest BCUT2D eigenvalue weighted by molar-refractivity contribution is 5.85. The van der Waals surface area contributed by atoms with Crippen molar-refractivity contribution in [2.75, 3.05) is 11.4 Å². The van der Waals surface area contributed by atoms with E-state index >= 15 is 4.39 Å². The number of aliphatic carboxylic acids is 1. The van der Waals surface area contributed by atoms with Crippen molar-refractivity contribution in [2.24, 2.45) is 5.92 Å². The molecule has 0 fully saturated rings. The van der Waals surface area contributed by atoms with Crippen molar-refractivity contribution in [3.8, 4) is 5.75 Å². The predicted octanol–water partition coefficient (Wildman–Crippen LogP) is 6.15. The number of benzene rings is 3. The van der Waals surface area contributed by atoms with Gasteiger partial charge in [-0.2, -0.15) is 0 Å². The van der Waals surface area contributed by atoms with Crippen LogP contribution in [0.2, 0.25) is 0 Å². The van der Waals surface area contributed by atoms with E-state index in [2.05, 4.69) is 25.7 Å². The summed E-state index contributed by atoms with van der Waals surface area (Å²) in [5.74, 6) is -0.584. The number of fused-ring (bicyclic) bond motifs is 1. The summed E-state index contributed by atoms with van der Waals surface area (Å²) in [5.41, 5.74) is 4.61. The SMILES string of the molecule is CC(C)Cc1ccc(N2CCc3cc(O)ccc3C2(C)c2ccc(C=CC(=O)O)cc2)c(F)c1. The molecule has 1 aliphatic heterocycles. The van der Waals surface area contributed by atoms with E-state index in [4.69, 9.17) is 5.11 Å². The van der Waals surface area contributed by atoms with Gasteiger partial charge >= 0.3 is 5.97 Å². The van der Waals surface area contributed by atoms with Crippen molar-refractivity contribution in [2.45, 2.75) is 39.2 Å². The number of carbonyl (C=O) groups is 1. The first-order chi connectivity index (χ1) is 16.2. The number of anilines is 1. The summed E-state index contributed by atoms with van der Waals surface area (Å²) in [6, 6.07) is 18.6. The zero-order valence-electron chi connectivity index (χ0n) is 19.8. The van der Waals surface area contributed by atoms with Crippen LogP contribution in [0.4, 0.5) is 10.1 Å². The number of hydrogen-bond donors (Lipinski definition) is 2. The monoisotopic (exact) mass is 459 g/mol. The summed E-state index contributed by atoms with van der Waals surface area (Å²) in [6.45, 7) is 6.91. The lowest BCUT2D eigenvalue weighted by molar-refractivity contribution is -0.131. The molecule has 1 aliphatic rings. The third-order valence-corrected chi connectivity index (χ3v) is 6.60. The summed E-state index contributed by atoms with van der Waals surface area (Å²) in [6.07, 6.45) is 4.16. The molecule has 0 aromatic heterocycles. The average molecular weight is 460 g/mol. The minimum atomic E-state index is -1.00. The Bertz CT molecular complexity index is 1230. The zero-order chi connectivity index (χ0) is 24.5. The molecular weight excluding hydrogens is 429 g/mol.